The van der Waals surface area contributed by atoms with Crippen molar-refractivity contribution in [2.75, 3.05) is 11.5 Å². The molecule has 0 saturated heterocycles. The number of halogens is 3. The Balaban J connectivity index is 2.69. The van der Waals surface area contributed by atoms with Crippen LogP contribution >= 0.6 is 0 Å². The molecular weight excluding hydrogens is 281 g/mol. The molecule has 1 aromatic rings. The van der Waals surface area contributed by atoms with E-state index in [0.717, 1.165) is 0 Å². The maximum atomic E-state index is 13.3. The van der Waals surface area contributed by atoms with Crippen molar-refractivity contribution in [1.82, 2.24) is 0 Å². The molecule has 3 nitrogen and oxygen atoms in total. The molecular formula is C12H15F3O3S. The summed E-state index contributed by atoms with van der Waals surface area (Å²) in [5, 5.41) is 9.66. The van der Waals surface area contributed by atoms with Gasteiger partial charge in [-0.25, -0.2) is 21.6 Å². The van der Waals surface area contributed by atoms with E-state index in [2.05, 4.69) is 0 Å². The van der Waals surface area contributed by atoms with Crippen molar-refractivity contribution in [3.63, 3.8) is 0 Å². The van der Waals surface area contributed by atoms with E-state index >= 15 is 0 Å². The van der Waals surface area contributed by atoms with Gasteiger partial charge < -0.3 is 5.11 Å². The monoisotopic (exact) mass is 296 g/mol. The van der Waals surface area contributed by atoms with E-state index in [1.165, 1.54) is 6.92 Å². The summed E-state index contributed by atoms with van der Waals surface area (Å²) in [6.45, 7) is 1.50. The minimum Gasteiger partial charge on any atom is -0.388 e. The third kappa shape index (κ3) is 4.50. The van der Waals surface area contributed by atoms with E-state index in [-0.39, 0.29) is 29.9 Å². The largest absolute Gasteiger partial charge is 0.388 e. The molecule has 0 aromatic heterocycles. The normalized spacial score (nSPS) is 13.5. The van der Waals surface area contributed by atoms with Crippen molar-refractivity contribution >= 4 is 9.84 Å². The molecule has 7 heteroatoms. The van der Waals surface area contributed by atoms with E-state index < -0.39 is 33.4 Å². The van der Waals surface area contributed by atoms with Gasteiger partial charge in [-0.3, -0.25) is 0 Å². The van der Waals surface area contributed by atoms with E-state index in [1.807, 2.05) is 0 Å². The third-order valence-corrected chi connectivity index (χ3v) is 4.56. The number of hydrogen-bond donors (Lipinski definition) is 1. The molecule has 0 amide bonds. The Morgan fingerprint density at radius 2 is 1.74 bits per heavy atom. The lowest BCUT2D eigenvalue weighted by Crippen LogP contribution is -2.10. The number of sulfone groups is 1. The molecule has 0 spiro atoms. The van der Waals surface area contributed by atoms with Gasteiger partial charge in [-0.1, -0.05) is 6.92 Å². The van der Waals surface area contributed by atoms with E-state index in [4.69, 9.17) is 0 Å². The summed E-state index contributed by atoms with van der Waals surface area (Å²) < 4.78 is 61.4. The van der Waals surface area contributed by atoms with Crippen LogP contribution in [0.1, 0.15) is 31.4 Å². The summed E-state index contributed by atoms with van der Waals surface area (Å²) in [5.74, 6) is -3.78. The molecule has 0 aliphatic heterocycles. The second-order valence-electron chi connectivity index (χ2n) is 4.18. The zero-order valence-electron chi connectivity index (χ0n) is 10.4. The predicted octanol–water partition coefficient (Wildman–Crippen LogP) is 2.35. The molecule has 1 N–H and O–H groups in total. The summed E-state index contributed by atoms with van der Waals surface area (Å²) in [5.41, 5.74) is -0.368. The number of aliphatic hydroxyl groups is 1. The smallest absolute Gasteiger partial charge is 0.161 e. The fourth-order valence-electron chi connectivity index (χ4n) is 1.59. The zero-order chi connectivity index (χ0) is 14.6. The van der Waals surface area contributed by atoms with E-state index in [1.54, 1.807) is 0 Å². The fraction of sp³-hybridized carbons (Fsp3) is 0.500. The van der Waals surface area contributed by atoms with Gasteiger partial charge in [0, 0.05) is 17.4 Å². The van der Waals surface area contributed by atoms with Gasteiger partial charge in [0.25, 0.3) is 0 Å². The predicted molar refractivity (Wildman–Crippen MR) is 64.8 cm³/mol. The van der Waals surface area contributed by atoms with Crippen molar-refractivity contribution < 1.29 is 26.7 Å². The molecule has 1 rings (SSSR count). The molecule has 0 aliphatic carbocycles. The second-order valence-corrected chi connectivity index (χ2v) is 6.65. The highest BCUT2D eigenvalue weighted by Crippen LogP contribution is 2.24. The first-order valence-electron chi connectivity index (χ1n) is 5.79. The van der Waals surface area contributed by atoms with Crippen LogP contribution in [0.5, 0.6) is 0 Å². The number of rotatable bonds is 6. The van der Waals surface area contributed by atoms with Gasteiger partial charge in [0.1, 0.15) is 15.7 Å². The molecule has 0 fully saturated rings. The fourth-order valence-corrected chi connectivity index (χ4v) is 2.48. The summed E-state index contributed by atoms with van der Waals surface area (Å²) in [6.07, 6.45) is -1.28. The maximum absolute atomic E-state index is 13.3. The lowest BCUT2D eigenvalue weighted by atomic mass is 10.0. The summed E-state index contributed by atoms with van der Waals surface area (Å²) in [7, 11) is -3.16. The first kappa shape index (κ1) is 16.0. The third-order valence-electron chi connectivity index (χ3n) is 2.77. The highest BCUT2D eigenvalue weighted by molar-refractivity contribution is 7.91. The van der Waals surface area contributed by atoms with Crippen LogP contribution < -0.4 is 0 Å². The van der Waals surface area contributed by atoms with Gasteiger partial charge in [0.2, 0.25) is 0 Å². The SMILES string of the molecule is CCS(=O)(=O)CCCC(O)c1cc(F)c(F)cc1F. The number of benzene rings is 1. The molecule has 0 bridgehead atoms. The van der Waals surface area contributed by atoms with Gasteiger partial charge in [0.05, 0.1) is 11.9 Å². The summed E-state index contributed by atoms with van der Waals surface area (Å²) >= 11 is 0. The maximum Gasteiger partial charge on any atom is 0.161 e. The minimum absolute atomic E-state index is 0.0113. The van der Waals surface area contributed by atoms with Gasteiger partial charge in [-0.05, 0) is 18.9 Å². The standard InChI is InChI=1S/C12H15F3O3S/c1-2-19(17,18)5-3-4-12(16)8-6-10(14)11(15)7-9(8)13/h6-7,12,16H,2-5H2,1H3. The molecule has 0 saturated carbocycles. The molecule has 1 aromatic carbocycles. The van der Waals surface area contributed by atoms with Crippen LogP contribution in [0.3, 0.4) is 0 Å². The Kier molecular flexibility index (Phi) is 5.37. The second kappa shape index (κ2) is 6.38. The minimum atomic E-state index is -3.16. The lowest BCUT2D eigenvalue weighted by molar-refractivity contribution is 0.161. The van der Waals surface area contributed by atoms with E-state index in [9.17, 15) is 26.7 Å². The first-order chi connectivity index (χ1) is 8.76. The van der Waals surface area contributed by atoms with Crippen molar-refractivity contribution in [3.05, 3.63) is 35.1 Å². The summed E-state index contributed by atoms with van der Waals surface area (Å²) in [6, 6.07) is 0.945. The van der Waals surface area contributed by atoms with Crippen molar-refractivity contribution in [1.29, 1.82) is 0 Å². The van der Waals surface area contributed by atoms with Gasteiger partial charge >= 0.3 is 0 Å². The van der Waals surface area contributed by atoms with Crippen LogP contribution in [0.15, 0.2) is 12.1 Å². The van der Waals surface area contributed by atoms with Crippen LogP contribution in [-0.4, -0.2) is 25.0 Å². The summed E-state index contributed by atoms with van der Waals surface area (Å²) in [4.78, 5) is 0. The van der Waals surface area contributed by atoms with Crippen LogP contribution in [0.25, 0.3) is 0 Å². The average Bonchev–Trinajstić information content (AvgIpc) is 2.33. The molecule has 108 valence electrons. The van der Waals surface area contributed by atoms with Crippen LogP contribution in [-0.2, 0) is 9.84 Å². The van der Waals surface area contributed by atoms with Gasteiger partial charge in [-0.15, -0.1) is 0 Å². The Morgan fingerprint density at radius 1 is 1.16 bits per heavy atom. The Labute approximate surface area is 110 Å². The Bertz CT molecular complexity index is 543. The Hall–Kier alpha value is -1.08. The van der Waals surface area contributed by atoms with Gasteiger partial charge in [-0.2, -0.15) is 0 Å². The highest BCUT2D eigenvalue weighted by Gasteiger charge is 2.17. The van der Waals surface area contributed by atoms with Crippen LogP contribution in [0.2, 0.25) is 0 Å². The van der Waals surface area contributed by atoms with Crippen molar-refractivity contribution in [2.24, 2.45) is 0 Å². The van der Waals surface area contributed by atoms with E-state index in [0.29, 0.717) is 12.1 Å². The lowest BCUT2D eigenvalue weighted by Gasteiger charge is -2.12. The van der Waals surface area contributed by atoms with Gasteiger partial charge in [0.15, 0.2) is 11.6 Å². The molecule has 0 heterocycles. The van der Waals surface area contributed by atoms with Crippen molar-refractivity contribution in [2.45, 2.75) is 25.9 Å². The van der Waals surface area contributed by atoms with Crippen LogP contribution in [0.4, 0.5) is 13.2 Å². The molecule has 0 radical (unpaired) electrons. The molecule has 0 aliphatic rings. The molecule has 19 heavy (non-hydrogen) atoms. The molecule has 1 unspecified atom stereocenters. The number of aliphatic hydroxyl groups excluding tert-OH is 1. The molecule has 1 atom stereocenters. The number of hydrogen-bond acceptors (Lipinski definition) is 3. The Morgan fingerprint density at radius 3 is 2.32 bits per heavy atom. The highest BCUT2D eigenvalue weighted by atomic mass is 32.2. The van der Waals surface area contributed by atoms with Crippen LogP contribution in [0, 0.1) is 17.5 Å². The average molecular weight is 296 g/mol. The zero-order valence-corrected chi connectivity index (χ0v) is 11.2. The first-order valence-corrected chi connectivity index (χ1v) is 7.62. The quantitative estimate of drug-likeness (QED) is 0.820. The van der Waals surface area contributed by atoms with Crippen molar-refractivity contribution in [3.8, 4) is 0 Å². The topological polar surface area (TPSA) is 54.4 Å².